The van der Waals surface area contributed by atoms with Gasteiger partial charge in [0.15, 0.2) is 0 Å². The molecule has 1 aliphatic rings. The molecule has 0 saturated carbocycles. The largest absolute Gasteiger partial charge is 0.347 e. The topological polar surface area (TPSA) is 72.7 Å². The fraction of sp³-hybridized carbons (Fsp3) is 0.467. The summed E-state index contributed by atoms with van der Waals surface area (Å²) in [5.41, 5.74) is 2.38. The summed E-state index contributed by atoms with van der Waals surface area (Å²) < 4.78 is 1.68. The first-order chi connectivity index (χ1) is 10.3. The van der Waals surface area contributed by atoms with Crippen molar-refractivity contribution < 1.29 is 4.79 Å². The van der Waals surface area contributed by atoms with E-state index < -0.39 is 0 Å². The van der Waals surface area contributed by atoms with Crippen molar-refractivity contribution in [3.05, 3.63) is 41.7 Å². The molecular weight excluding hydrogens is 266 g/mol. The van der Waals surface area contributed by atoms with Gasteiger partial charge in [0, 0.05) is 24.3 Å². The molecule has 1 N–H and O–H groups in total. The molecule has 2 aromatic heterocycles. The Morgan fingerprint density at radius 2 is 2.38 bits per heavy atom. The SMILES string of the molecule is CCC(C(=O)NCc1ncc2c(n1)CCC2)n1cccn1. The van der Waals surface area contributed by atoms with Crippen LogP contribution in [0.1, 0.15) is 42.9 Å². The maximum absolute atomic E-state index is 12.3. The molecule has 1 amide bonds. The Bertz CT molecular complexity index is 623. The Kier molecular flexibility index (Phi) is 3.94. The Balaban J connectivity index is 1.63. The quantitative estimate of drug-likeness (QED) is 0.902. The first-order valence-corrected chi connectivity index (χ1v) is 7.38. The van der Waals surface area contributed by atoms with Crippen LogP contribution < -0.4 is 5.32 Å². The number of hydrogen-bond acceptors (Lipinski definition) is 4. The van der Waals surface area contributed by atoms with E-state index in [-0.39, 0.29) is 11.9 Å². The van der Waals surface area contributed by atoms with E-state index in [0.717, 1.165) is 25.0 Å². The molecule has 0 radical (unpaired) electrons. The van der Waals surface area contributed by atoms with E-state index in [1.165, 1.54) is 5.56 Å². The number of nitrogens with one attached hydrogen (secondary N) is 1. The van der Waals surface area contributed by atoms with Gasteiger partial charge < -0.3 is 5.32 Å². The van der Waals surface area contributed by atoms with Gasteiger partial charge in [0.2, 0.25) is 5.91 Å². The lowest BCUT2D eigenvalue weighted by atomic mass is 10.2. The van der Waals surface area contributed by atoms with E-state index in [4.69, 9.17) is 0 Å². The number of fused-ring (bicyclic) bond motifs is 1. The fourth-order valence-electron chi connectivity index (χ4n) is 2.68. The number of aromatic nitrogens is 4. The predicted molar refractivity (Wildman–Crippen MR) is 77.5 cm³/mol. The minimum absolute atomic E-state index is 0.0506. The Hall–Kier alpha value is -2.24. The normalized spacial score (nSPS) is 14.7. The van der Waals surface area contributed by atoms with Gasteiger partial charge in [-0.05, 0) is 37.3 Å². The van der Waals surface area contributed by atoms with E-state index in [2.05, 4.69) is 20.4 Å². The highest BCUT2D eigenvalue weighted by molar-refractivity contribution is 5.79. The van der Waals surface area contributed by atoms with Crippen molar-refractivity contribution in [1.29, 1.82) is 0 Å². The molecule has 1 aliphatic carbocycles. The fourth-order valence-corrected chi connectivity index (χ4v) is 2.68. The van der Waals surface area contributed by atoms with Crippen LogP contribution in [0.2, 0.25) is 0 Å². The summed E-state index contributed by atoms with van der Waals surface area (Å²) in [5.74, 6) is 0.629. The Labute approximate surface area is 123 Å². The van der Waals surface area contributed by atoms with Gasteiger partial charge in [0.1, 0.15) is 11.9 Å². The van der Waals surface area contributed by atoms with E-state index >= 15 is 0 Å². The van der Waals surface area contributed by atoms with E-state index in [1.807, 2.05) is 19.2 Å². The van der Waals surface area contributed by atoms with Crippen molar-refractivity contribution >= 4 is 5.91 Å². The summed E-state index contributed by atoms with van der Waals surface area (Å²) in [6.45, 7) is 2.34. The third-order valence-electron chi connectivity index (χ3n) is 3.82. The number of nitrogens with zero attached hydrogens (tertiary/aromatic N) is 4. The molecule has 1 atom stereocenters. The zero-order chi connectivity index (χ0) is 14.7. The first-order valence-electron chi connectivity index (χ1n) is 7.38. The van der Waals surface area contributed by atoms with Crippen LogP contribution in [0.4, 0.5) is 0 Å². The Morgan fingerprint density at radius 3 is 3.14 bits per heavy atom. The number of rotatable bonds is 5. The molecule has 2 heterocycles. The van der Waals surface area contributed by atoms with Crippen LogP contribution in [-0.4, -0.2) is 25.7 Å². The van der Waals surface area contributed by atoms with Crippen molar-refractivity contribution in [3.63, 3.8) is 0 Å². The molecule has 6 heteroatoms. The predicted octanol–water partition coefficient (Wildman–Crippen LogP) is 1.43. The second kappa shape index (κ2) is 6.03. The highest BCUT2D eigenvalue weighted by Crippen LogP contribution is 2.18. The molecule has 0 bridgehead atoms. The van der Waals surface area contributed by atoms with Gasteiger partial charge in [-0.2, -0.15) is 5.10 Å². The summed E-state index contributed by atoms with van der Waals surface area (Å²) in [4.78, 5) is 21.1. The summed E-state index contributed by atoms with van der Waals surface area (Å²) in [6, 6.07) is 1.54. The van der Waals surface area contributed by atoms with Gasteiger partial charge in [-0.25, -0.2) is 9.97 Å². The average Bonchev–Trinajstić information content (AvgIpc) is 3.16. The van der Waals surface area contributed by atoms with Crippen molar-refractivity contribution in [3.8, 4) is 0 Å². The molecule has 0 fully saturated rings. The lowest BCUT2D eigenvalue weighted by Gasteiger charge is -2.15. The van der Waals surface area contributed by atoms with Crippen LogP contribution in [0.5, 0.6) is 0 Å². The van der Waals surface area contributed by atoms with E-state index in [9.17, 15) is 4.79 Å². The van der Waals surface area contributed by atoms with Crippen LogP contribution in [0.3, 0.4) is 0 Å². The molecule has 6 nitrogen and oxygen atoms in total. The number of hydrogen-bond donors (Lipinski definition) is 1. The van der Waals surface area contributed by atoms with Crippen LogP contribution in [-0.2, 0) is 24.2 Å². The summed E-state index contributed by atoms with van der Waals surface area (Å²) in [6.07, 6.45) is 9.30. The van der Waals surface area contributed by atoms with Gasteiger partial charge in [0.25, 0.3) is 0 Å². The van der Waals surface area contributed by atoms with Gasteiger partial charge in [0.05, 0.1) is 6.54 Å². The van der Waals surface area contributed by atoms with Crippen molar-refractivity contribution in [1.82, 2.24) is 25.1 Å². The molecule has 1 unspecified atom stereocenters. The van der Waals surface area contributed by atoms with E-state index in [0.29, 0.717) is 18.8 Å². The molecule has 2 aromatic rings. The summed E-state index contributed by atoms with van der Waals surface area (Å²) >= 11 is 0. The van der Waals surface area contributed by atoms with Crippen molar-refractivity contribution in [2.24, 2.45) is 0 Å². The third-order valence-corrected chi connectivity index (χ3v) is 3.82. The zero-order valence-electron chi connectivity index (χ0n) is 12.1. The lowest BCUT2D eigenvalue weighted by Crippen LogP contribution is -2.32. The van der Waals surface area contributed by atoms with Gasteiger partial charge in [-0.1, -0.05) is 6.92 Å². The molecule has 21 heavy (non-hydrogen) atoms. The third kappa shape index (κ3) is 2.94. The van der Waals surface area contributed by atoms with Crippen molar-refractivity contribution in [2.75, 3.05) is 0 Å². The molecule has 0 saturated heterocycles. The van der Waals surface area contributed by atoms with Gasteiger partial charge in [-0.3, -0.25) is 9.48 Å². The van der Waals surface area contributed by atoms with Crippen LogP contribution in [0.25, 0.3) is 0 Å². The maximum Gasteiger partial charge on any atom is 0.245 e. The molecule has 3 rings (SSSR count). The number of aryl methyl sites for hydroxylation is 2. The maximum atomic E-state index is 12.3. The summed E-state index contributed by atoms with van der Waals surface area (Å²) in [7, 11) is 0. The highest BCUT2D eigenvalue weighted by atomic mass is 16.2. The minimum atomic E-state index is -0.283. The van der Waals surface area contributed by atoms with Crippen LogP contribution in [0, 0.1) is 0 Å². The van der Waals surface area contributed by atoms with Gasteiger partial charge in [-0.15, -0.1) is 0 Å². The smallest absolute Gasteiger partial charge is 0.245 e. The Morgan fingerprint density at radius 1 is 1.48 bits per heavy atom. The lowest BCUT2D eigenvalue weighted by molar-refractivity contribution is -0.124. The monoisotopic (exact) mass is 285 g/mol. The highest BCUT2D eigenvalue weighted by Gasteiger charge is 2.19. The molecule has 0 aliphatic heterocycles. The van der Waals surface area contributed by atoms with Crippen LogP contribution >= 0.6 is 0 Å². The molecule has 0 aromatic carbocycles. The van der Waals surface area contributed by atoms with E-state index in [1.54, 1.807) is 17.1 Å². The number of carbonyl (C=O) groups is 1. The van der Waals surface area contributed by atoms with Gasteiger partial charge >= 0.3 is 0 Å². The second-order valence-electron chi connectivity index (χ2n) is 5.24. The summed E-state index contributed by atoms with van der Waals surface area (Å²) in [5, 5.41) is 7.04. The second-order valence-corrected chi connectivity index (χ2v) is 5.24. The molecule has 110 valence electrons. The van der Waals surface area contributed by atoms with Crippen LogP contribution in [0.15, 0.2) is 24.7 Å². The number of carbonyl (C=O) groups excluding carboxylic acids is 1. The molecule has 0 spiro atoms. The first kappa shape index (κ1) is 13.7. The average molecular weight is 285 g/mol. The standard InChI is InChI=1S/C15H19N5O/c1-2-13(20-8-4-7-18-20)15(21)17-10-14-16-9-11-5-3-6-12(11)19-14/h4,7-9,13H,2-3,5-6,10H2,1H3,(H,17,21). The zero-order valence-corrected chi connectivity index (χ0v) is 12.1. The molecular formula is C15H19N5O. The minimum Gasteiger partial charge on any atom is -0.347 e. The number of amides is 1. The van der Waals surface area contributed by atoms with Crippen molar-refractivity contribution in [2.45, 2.75) is 45.2 Å².